The van der Waals surface area contributed by atoms with Gasteiger partial charge in [-0.15, -0.1) is 11.3 Å². The molecular weight excluding hydrogens is 338 g/mol. The molecule has 0 atom stereocenters. The van der Waals surface area contributed by atoms with Crippen molar-refractivity contribution in [3.05, 3.63) is 89.4 Å². The van der Waals surface area contributed by atoms with E-state index in [1.165, 1.54) is 11.3 Å². The standard InChI is InChI=1S/C22H15N3S/c23-15-17(22-25-20-8-4-5-9-21(20)26-22)14-16-10-12-19(13-11-16)24-18-6-2-1-3-7-18/h1-14,24H/b17-14+. The summed E-state index contributed by atoms with van der Waals surface area (Å²) in [6.45, 7) is 0. The molecule has 4 heteroatoms. The monoisotopic (exact) mass is 353 g/mol. The minimum atomic E-state index is 0.579. The van der Waals surface area contributed by atoms with Gasteiger partial charge in [-0.1, -0.05) is 42.5 Å². The van der Waals surface area contributed by atoms with Crippen LogP contribution in [0.4, 0.5) is 11.4 Å². The molecule has 1 heterocycles. The number of hydrogen-bond donors (Lipinski definition) is 1. The Kier molecular flexibility index (Phi) is 4.46. The van der Waals surface area contributed by atoms with Crippen molar-refractivity contribution in [2.24, 2.45) is 0 Å². The van der Waals surface area contributed by atoms with Gasteiger partial charge in [0.15, 0.2) is 0 Å². The van der Waals surface area contributed by atoms with Gasteiger partial charge in [0.2, 0.25) is 0 Å². The third-order valence-corrected chi connectivity index (χ3v) is 5.00. The topological polar surface area (TPSA) is 48.7 Å². The van der Waals surface area contributed by atoms with Gasteiger partial charge in [0.1, 0.15) is 11.1 Å². The molecular formula is C22H15N3S. The molecule has 0 unspecified atom stereocenters. The van der Waals surface area contributed by atoms with Gasteiger partial charge >= 0.3 is 0 Å². The van der Waals surface area contributed by atoms with Crippen LogP contribution in [0.2, 0.25) is 0 Å². The maximum Gasteiger partial charge on any atom is 0.135 e. The van der Waals surface area contributed by atoms with Gasteiger partial charge in [0.25, 0.3) is 0 Å². The van der Waals surface area contributed by atoms with Crippen LogP contribution >= 0.6 is 11.3 Å². The lowest BCUT2D eigenvalue weighted by atomic mass is 10.1. The van der Waals surface area contributed by atoms with Crippen LogP contribution in [-0.2, 0) is 0 Å². The molecule has 3 aromatic carbocycles. The average Bonchev–Trinajstić information content (AvgIpc) is 3.12. The SMILES string of the molecule is N#C/C(=C\c1ccc(Nc2ccccc2)cc1)c1nc2ccccc2s1. The molecule has 1 N–H and O–H groups in total. The number of anilines is 2. The van der Waals surface area contributed by atoms with E-state index in [0.29, 0.717) is 5.57 Å². The zero-order chi connectivity index (χ0) is 17.8. The molecule has 0 amide bonds. The Morgan fingerprint density at radius 2 is 1.58 bits per heavy atom. The van der Waals surface area contributed by atoms with E-state index in [9.17, 15) is 5.26 Å². The van der Waals surface area contributed by atoms with Crippen LogP contribution in [0.5, 0.6) is 0 Å². The van der Waals surface area contributed by atoms with E-state index in [0.717, 1.165) is 32.2 Å². The Labute approximate surface area is 155 Å². The van der Waals surface area contributed by atoms with Crippen LogP contribution in [-0.4, -0.2) is 4.98 Å². The van der Waals surface area contributed by atoms with Crippen LogP contribution < -0.4 is 5.32 Å². The molecule has 0 saturated heterocycles. The summed E-state index contributed by atoms with van der Waals surface area (Å²) in [5.41, 5.74) is 4.53. The number of para-hydroxylation sites is 2. The lowest BCUT2D eigenvalue weighted by Crippen LogP contribution is -1.89. The van der Waals surface area contributed by atoms with Crippen molar-refractivity contribution < 1.29 is 0 Å². The first kappa shape index (κ1) is 16.1. The molecule has 0 bridgehead atoms. The highest BCUT2D eigenvalue weighted by atomic mass is 32.1. The van der Waals surface area contributed by atoms with Crippen LogP contribution in [0, 0.1) is 11.3 Å². The highest BCUT2D eigenvalue weighted by Crippen LogP contribution is 2.28. The number of rotatable bonds is 4. The predicted molar refractivity (Wildman–Crippen MR) is 109 cm³/mol. The number of benzene rings is 3. The third-order valence-electron chi connectivity index (χ3n) is 3.93. The quantitative estimate of drug-likeness (QED) is 0.451. The van der Waals surface area contributed by atoms with Crippen LogP contribution in [0.3, 0.4) is 0 Å². The highest BCUT2D eigenvalue weighted by Gasteiger charge is 2.08. The average molecular weight is 353 g/mol. The number of nitrogens with zero attached hydrogens (tertiary/aromatic N) is 2. The first-order valence-electron chi connectivity index (χ1n) is 8.22. The molecule has 0 spiro atoms. The van der Waals surface area contributed by atoms with Crippen molar-refractivity contribution in [3.63, 3.8) is 0 Å². The maximum atomic E-state index is 9.55. The lowest BCUT2D eigenvalue weighted by Gasteiger charge is -2.06. The molecule has 4 aromatic rings. The molecule has 0 aliphatic heterocycles. The number of allylic oxidation sites excluding steroid dienone is 1. The molecule has 1 aromatic heterocycles. The number of nitrogens with one attached hydrogen (secondary N) is 1. The fraction of sp³-hybridized carbons (Fsp3) is 0. The third kappa shape index (κ3) is 3.49. The van der Waals surface area contributed by atoms with Crippen molar-refractivity contribution in [3.8, 4) is 6.07 Å². The van der Waals surface area contributed by atoms with Gasteiger partial charge in [-0.2, -0.15) is 5.26 Å². The first-order valence-corrected chi connectivity index (χ1v) is 9.03. The Morgan fingerprint density at radius 1 is 0.885 bits per heavy atom. The molecule has 0 aliphatic rings. The minimum Gasteiger partial charge on any atom is -0.356 e. The molecule has 0 radical (unpaired) electrons. The summed E-state index contributed by atoms with van der Waals surface area (Å²) in [5.74, 6) is 0. The zero-order valence-corrected chi connectivity index (χ0v) is 14.7. The van der Waals surface area contributed by atoms with Gasteiger partial charge in [0.05, 0.1) is 15.8 Å². The van der Waals surface area contributed by atoms with Crippen LogP contribution in [0.1, 0.15) is 10.6 Å². The normalized spacial score (nSPS) is 11.3. The molecule has 0 saturated carbocycles. The van der Waals surface area contributed by atoms with E-state index in [-0.39, 0.29) is 0 Å². The van der Waals surface area contributed by atoms with Gasteiger partial charge < -0.3 is 5.32 Å². The molecule has 124 valence electrons. The van der Waals surface area contributed by atoms with E-state index < -0.39 is 0 Å². The summed E-state index contributed by atoms with van der Waals surface area (Å²) < 4.78 is 1.09. The Balaban J connectivity index is 1.58. The number of thiazole rings is 1. The fourth-order valence-corrected chi connectivity index (χ4v) is 3.58. The van der Waals surface area contributed by atoms with E-state index in [1.54, 1.807) is 0 Å². The van der Waals surface area contributed by atoms with Gasteiger partial charge in [-0.05, 0) is 48.0 Å². The molecule has 0 aliphatic carbocycles. The van der Waals surface area contributed by atoms with Crippen molar-refractivity contribution >= 4 is 44.6 Å². The maximum absolute atomic E-state index is 9.55. The van der Waals surface area contributed by atoms with Crippen molar-refractivity contribution in [1.29, 1.82) is 5.26 Å². The number of hydrogen-bond acceptors (Lipinski definition) is 4. The van der Waals surface area contributed by atoms with Gasteiger partial charge in [-0.3, -0.25) is 0 Å². The van der Waals surface area contributed by atoms with Crippen molar-refractivity contribution in [1.82, 2.24) is 4.98 Å². The number of aromatic nitrogens is 1. The van der Waals surface area contributed by atoms with E-state index >= 15 is 0 Å². The summed E-state index contributed by atoms with van der Waals surface area (Å²) in [6.07, 6.45) is 1.88. The van der Waals surface area contributed by atoms with Crippen molar-refractivity contribution in [2.45, 2.75) is 0 Å². The molecule has 3 nitrogen and oxygen atoms in total. The summed E-state index contributed by atoms with van der Waals surface area (Å²) in [6, 6.07) is 28.2. The molecule has 4 rings (SSSR count). The summed E-state index contributed by atoms with van der Waals surface area (Å²) in [4.78, 5) is 4.57. The Hall–Kier alpha value is -3.42. The largest absolute Gasteiger partial charge is 0.356 e. The summed E-state index contributed by atoms with van der Waals surface area (Å²) >= 11 is 1.54. The molecule has 0 fully saturated rings. The number of fused-ring (bicyclic) bond motifs is 1. The highest BCUT2D eigenvalue weighted by molar-refractivity contribution is 7.19. The predicted octanol–water partition coefficient (Wildman–Crippen LogP) is 6.10. The fourth-order valence-electron chi connectivity index (χ4n) is 2.65. The second-order valence-electron chi connectivity index (χ2n) is 5.77. The van der Waals surface area contributed by atoms with Crippen molar-refractivity contribution in [2.75, 3.05) is 5.32 Å². The Bertz CT molecular complexity index is 1070. The summed E-state index contributed by atoms with van der Waals surface area (Å²) in [7, 11) is 0. The van der Waals surface area contributed by atoms with E-state index in [4.69, 9.17) is 0 Å². The minimum absolute atomic E-state index is 0.579. The van der Waals surface area contributed by atoms with E-state index in [1.807, 2.05) is 84.9 Å². The molecule has 26 heavy (non-hydrogen) atoms. The second-order valence-corrected chi connectivity index (χ2v) is 6.80. The van der Waals surface area contributed by atoms with Gasteiger partial charge in [-0.25, -0.2) is 4.98 Å². The van der Waals surface area contributed by atoms with Crippen LogP contribution in [0.25, 0.3) is 21.9 Å². The van der Waals surface area contributed by atoms with Gasteiger partial charge in [0, 0.05) is 11.4 Å². The summed E-state index contributed by atoms with van der Waals surface area (Å²) in [5, 5.41) is 13.7. The first-order chi connectivity index (χ1) is 12.8. The second kappa shape index (κ2) is 7.22. The van der Waals surface area contributed by atoms with Crippen LogP contribution in [0.15, 0.2) is 78.9 Å². The lowest BCUT2D eigenvalue weighted by molar-refractivity contribution is 1.43. The zero-order valence-electron chi connectivity index (χ0n) is 13.9. The van der Waals surface area contributed by atoms with E-state index in [2.05, 4.69) is 16.4 Å². The number of nitriles is 1. The Morgan fingerprint density at radius 3 is 2.31 bits per heavy atom. The smallest absolute Gasteiger partial charge is 0.135 e.